The number of anilines is 2. The summed E-state index contributed by atoms with van der Waals surface area (Å²) in [5.74, 6) is 4.26. The van der Waals surface area contributed by atoms with Gasteiger partial charge < -0.3 is 30.7 Å². The van der Waals surface area contributed by atoms with Gasteiger partial charge in [0.2, 0.25) is 0 Å². The third-order valence-corrected chi connectivity index (χ3v) is 4.63. The fourth-order valence-corrected chi connectivity index (χ4v) is 3.00. The molecule has 0 atom stereocenters. The number of hydrogen-bond acceptors (Lipinski definition) is 7. The third kappa shape index (κ3) is 6.26. The van der Waals surface area contributed by atoms with E-state index in [1.54, 1.807) is 25.7 Å². The summed E-state index contributed by atoms with van der Waals surface area (Å²) in [5, 5.41) is 0. The van der Waals surface area contributed by atoms with Crippen LogP contribution >= 0.6 is 0 Å². The van der Waals surface area contributed by atoms with Crippen molar-refractivity contribution < 1.29 is 23.5 Å². The molecule has 1 aromatic heterocycles. The van der Waals surface area contributed by atoms with Crippen molar-refractivity contribution >= 4 is 23.5 Å². The SMILES string of the molecule is CC(C)(C)OC(=O)N1CCN(C(=O)C#Cc2c(Oc3ccc(N)cc3F)ccnc2N)CC1. The van der Waals surface area contributed by atoms with Gasteiger partial charge in [0.25, 0.3) is 5.91 Å². The molecule has 0 unspecified atom stereocenters. The first-order valence-corrected chi connectivity index (χ1v) is 10.3. The molecule has 1 aliphatic rings. The first-order valence-electron chi connectivity index (χ1n) is 10.3. The average Bonchev–Trinajstić information content (AvgIpc) is 2.74. The Bertz CT molecular complexity index is 1110. The molecule has 1 aromatic carbocycles. The zero-order chi connectivity index (χ0) is 24.2. The maximum Gasteiger partial charge on any atom is 0.410 e. The number of halogens is 1. The maximum atomic E-state index is 14.1. The van der Waals surface area contributed by atoms with Crippen LogP contribution in [0.5, 0.6) is 11.5 Å². The number of hydrogen-bond donors (Lipinski definition) is 2. The minimum atomic E-state index is -0.650. The van der Waals surface area contributed by atoms with E-state index in [1.807, 2.05) is 0 Å². The molecular formula is C23H26FN5O4. The van der Waals surface area contributed by atoms with Crippen LogP contribution in [0.2, 0.25) is 0 Å². The standard InChI is InChI=1S/C23H26FN5O4/c1-23(2,3)33-22(31)29-12-10-28(11-13-29)20(30)7-5-16-18(8-9-27-21(16)26)32-19-6-4-15(25)14-17(19)24/h4,6,8-9,14H,10-13,25H2,1-3H3,(H2,26,27). The van der Waals surface area contributed by atoms with Gasteiger partial charge in [0.1, 0.15) is 22.7 Å². The number of benzene rings is 1. The maximum absolute atomic E-state index is 14.1. The number of pyridine rings is 1. The smallest absolute Gasteiger partial charge is 0.410 e. The Morgan fingerprint density at radius 3 is 2.36 bits per heavy atom. The van der Waals surface area contributed by atoms with Crippen molar-refractivity contribution in [3.05, 3.63) is 41.8 Å². The number of rotatable bonds is 2. The predicted molar refractivity (Wildman–Crippen MR) is 121 cm³/mol. The molecular weight excluding hydrogens is 429 g/mol. The minimum Gasteiger partial charge on any atom is -0.453 e. The van der Waals surface area contributed by atoms with Gasteiger partial charge in [0.05, 0.1) is 0 Å². The number of carbonyl (C=O) groups excluding carboxylic acids is 2. The van der Waals surface area contributed by atoms with Gasteiger partial charge in [-0.25, -0.2) is 14.2 Å². The highest BCUT2D eigenvalue weighted by Gasteiger charge is 2.27. The summed E-state index contributed by atoms with van der Waals surface area (Å²) >= 11 is 0. The second kappa shape index (κ2) is 9.65. The van der Waals surface area contributed by atoms with Crippen molar-refractivity contribution in [2.24, 2.45) is 0 Å². The summed E-state index contributed by atoms with van der Waals surface area (Å²) in [7, 11) is 0. The van der Waals surface area contributed by atoms with Crippen LogP contribution in [0.15, 0.2) is 30.5 Å². The summed E-state index contributed by atoms with van der Waals surface area (Å²) < 4.78 is 25.1. The van der Waals surface area contributed by atoms with Crippen molar-refractivity contribution in [3.63, 3.8) is 0 Å². The molecule has 9 nitrogen and oxygen atoms in total. The monoisotopic (exact) mass is 455 g/mol. The first-order chi connectivity index (χ1) is 15.5. The fraction of sp³-hybridized carbons (Fsp3) is 0.348. The van der Waals surface area contributed by atoms with Crippen molar-refractivity contribution in [3.8, 4) is 23.3 Å². The molecule has 0 bridgehead atoms. The van der Waals surface area contributed by atoms with E-state index in [1.165, 1.54) is 29.3 Å². The molecule has 0 aliphatic carbocycles. The molecule has 1 aliphatic heterocycles. The minimum absolute atomic E-state index is 0.0402. The molecule has 174 valence electrons. The lowest BCUT2D eigenvalue weighted by molar-refractivity contribution is -0.126. The Kier molecular flexibility index (Phi) is 6.92. The molecule has 2 heterocycles. The van der Waals surface area contributed by atoms with Crippen LogP contribution in [0.3, 0.4) is 0 Å². The molecule has 1 saturated heterocycles. The number of nitrogen functional groups attached to an aromatic ring is 2. The van der Waals surface area contributed by atoms with Crippen molar-refractivity contribution in [1.82, 2.24) is 14.8 Å². The number of piperazine rings is 1. The summed E-state index contributed by atoms with van der Waals surface area (Å²) in [6.45, 7) is 6.69. The Balaban J connectivity index is 1.69. The van der Waals surface area contributed by atoms with Gasteiger partial charge in [-0.05, 0) is 38.8 Å². The number of carbonyl (C=O) groups is 2. The number of aromatic nitrogens is 1. The molecule has 0 spiro atoms. The zero-order valence-corrected chi connectivity index (χ0v) is 18.7. The van der Waals surface area contributed by atoms with E-state index in [4.69, 9.17) is 20.9 Å². The van der Waals surface area contributed by atoms with E-state index in [-0.39, 0.29) is 28.6 Å². The Labute approximate surface area is 191 Å². The summed E-state index contributed by atoms with van der Waals surface area (Å²) in [6.07, 6.45) is 0.975. The van der Waals surface area contributed by atoms with E-state index >= 15 is 0 Å². The Hall–Kier alpha value is -4.00. The van der Waals surface area contributed by atoms with Gasteiger partial charge in [-0.3, -0.25) is 4.79 Å². The van der Waals surface area contributed by atoms with Gasteiger partial charge in [-0.2, -0.15) is 0 Å². The van der Waals surface area contributed by atoms with Crippen LogP contribution in [-0.2, 0) is 9.53 Å². The lowest BCUT2D eigenvalue weighted by Crippen LogP contribution is -2.51. The van der Waals surface area contributed by atoms with E-state index in [0.717, 1.165) is 6.07 Å². The average molecular weight is 455 g/mol. The van der Waals surface area contributed by atoms with Gasteiger partial charge in [-0.1, -0.05) is 0 Å². The second-order valence-electron chi connectivity index (χ2n) is 8.37. The molecule has 33 heavy (non-hydrogen) atoms. The van der Waals surface area contributed by atoms with Gasteiger partial charge in [0.15, 0.2) is 11.6 Å². The topological polar surface area (TPSA) is 124 Å². The fourth-order valence-electron chi connectivity index (χ4n) is 3.00. The van der Waals surface area contributed by atoms with Crippen molar-refractivity contribution in [1.29, 1.82) is 0 Å². The molecule has 0 radical (unpaired) electrons. The number of amides is 2. The zero-order valence-electron chi connectivity index (χ0n) is 18.7. The highest BCUT2D eigenvalue weighted by molar-refractivity contribution is 5.94. The van der Waals surface area contributed by atoms with E-state index in [0.29, 0.717) is 26.2 Å². The van der Waals surface area contributed by atoms with Crippen LogP contribution in [0.4, 0.5) is 20.7 Å². The van der Waals surface area contributed by atoms with Crippen LogP contribution in [0.25, 0.3) is 0 Å². The van der Waals surface area contributed by atoms with Crippen LogP contribution < -0.4 is 16.2 Å². The van der Waals surface area contributed by atoms with Gasteiger partial charge in [0, 0.05) is 56.1 Å². The molecule has 2 amide bonds. The Morgan fingerprint density at radius 2 is 1.73 bits per heavy atom. The van der Waals surface area contributed by atoms with Gasteiger partial charge >= 0.3 is 6.09 Å². The molecule has 3 rings (SSSR count). The number of nitrogens with zero attached hydrogens (tertiary/aromatic N) is 3. The first kappa shape index (κ1) is 23.7. The van der Waals surface area contributed by atoms with Crippen molar-refractivity contribution in [2.45, 2.75) is 26.4 Å². The van der Waals surface area contributed by atoms with E-state index in [2.05, 4.69) is 16.8 Å². The summed E-state index contributed by atoms with van der Waals surface area (Å²) in [5.41, 5.74) is 11.3. The third-order valence-electron chi connectivity index (χ3n) is 4.63. The molecule has 10 heteroatoms. The summed E-state index contributed by atoms with van der Waals surface area (Å²) in [6, 6.07) is 5.48. The van der Waals surface area contributed by atoms with Crippen molar-refractivity contribution in [2.75, 3.05) is 37.6 Å². The lowest BCUT2D eigenvalue weighted by atomic mass is 10.2. The molecule has 2 aromatic rings. The number of ether oxygens (including phenoxy) is 2. The highest BCUT2D eigenvalue weighted by atomic mass is 19.1. The normalized spacial score (nSPS) is 13.7. The van der Waals surface area contributed by atoms with Crippen LogP contribution in [-0.4, -0.2) is 58.6 Å². The van der Waals surface area contributed by atoms with E-state index < -0.39 is 23.4 Å². The quantitative estimate of drug-likeness (QED) is 0.527. The summed E-state index contributed by atoms with van der Waals surface area (Å²) in [4.78, 5) is 31.8. The molecule has 4 N–H and O–H groups in total. The Morgan fingerprint density at radius 1 is 1.06 bits per heavy atom. The lowest BCUT2D eigenvalue weighted by Gasteiger charge is -2.34. The van der Waals surface area contributed by atoms with E-state index in [9.17, 15) is 14.0 Å². The molecule has 1 fully saturated rings. The van der Waals surface area contributed by atoms with Crippen LogP contribution in [0, 0.1) is 17.7 Å². The predicted octanol–water partition coefficient (Wildman–Crippen LogP) is 2.61. The molecule has 0 saturated carbocycles. The largest absolute Gasteiger partial charge is 0.453 e. The van der Waals surface area contributed by atoms with Gasteiger partial charge in [-0.15, -0.1) is 0 Å². The highest BCUT2D eigenvalue weighted by Crippen LogP contribution is 2.29. The van der Waals surface area contributed by atoms with Crippen LogP contribution in [0.1, 0.15) is 26.3 Å². The second-order valence-corrected chi connectivity index (χ2v) is 8.37. The number of nitrogens with two attached hydrogens (primary N) is 2.